The summed E-state index contributed by atoms with van der Waals surface area (Å²) in [5, 5.41) is 0. The Kier molecular flexibility index (Phi) is 3.51. The maximum atomic E-state index is 12.0. The molecule has 1 spiro atoms. The largest absolute Gasteiger partial charge is 0.432 e. The Balaban J connectivity index is 1.71. The lowest BCUT2D eigenvalue weighted by Crippen LogP contribution is -2.68. The van der Waals surface area contributed by atoms with Crippen molar-refractivity contribution in [1.29, 1.82) is 0 Å². The second kappa shape index (κ2) is 5.18. The number of carbonyl (C=O) groups is 1. The molecular weight excluding hydrogens is 284 g/mol. The molecule has 5 nitrogen and oxygen atoms in total. The number of rotatable bonds is 3. The van der Waals surface area contributed by atoms with E-state index in [0.717, 1.165) is 44.9 Å². The number of ether oxygens (including phenoxy) is 2. The highest BCUT2D eigenvalue weighted by Gasteiger charge is 2.69. The van der Waals surface area contributed by atoms with Gasteiger partial charge in [0.25, 0.3) is 0 Å². The lowest BCUT2D eigenvalue weighted by atomic mass is 9.60. The van der Waals surface area contributed by atoms with E-state index in [9.17, 15) is 4.79 Å². The van der Waals surface area contributed by atoms with E-state index in [2.05, 4.69) is 13.8 Å². The molecule has 6 atom stereocenters. The zero-order chi connectivity index (χ0) is 15.4. The van der Waals surface area contributed by atoms with Crippen molar-refractivity contribution in [2.24, 2.45) is 17.8 Å². The Labute approximate surface area is 131 Å². The average Bonchev–Trinajstić information content (AvgIpc) is 2.75. The van der Waals surface area contributed by atoms with E-state index in [1.165, 1.54) is 0 Å². The van der Waals surface area contributed by atoms with E-state index in [-0.39, 0.29) is 11.9 Å². The summed E-state index contributed by atoms with van der Waals surface area (Å²) in [4.78, 5) is 23.9. The van der Waals surface area contributed by atoms with Gasteiger partial charge in [0.1, 0.15) is 0 Å². The van der Waals surface area contributed by atoms with Crippen molar-refractivity contribution in [2.75, 3.05) is 0 Å². The van der Waals surface area contributed by atoms with E-state index in [1.807, 2.05) is 0 Å². The van der Waals surface area contributed by atoms with Crippen molar-refractivity contribution in [3.63, 3.8) is 0 Å². The number of carbonyl (C=O) groups excluding carboxylic acids is 1. The molecule has 1 aliphatic carbocycles. The van der Waals surface area contributed by atoms with Gasteiger partial charge in [-0.1, -0.05) is 20.3 Å². The molecule has 2 bridgehead atoms. The van der Waals surface area contributed by atoms with Gasteiger partial charge in [-0.25, -0.2) is 9.78 Å². The Morgan fingerprint density at radius 1 is 1.23 bits per heavy atom. The fourth-order valence-corrected chi connectivity index (χ4v) is 5.03. The van der Waals surface area contributed by atoms with E-state index in [1.54, 1.807) is 0 Å². The summed E-state index contributed by atoms with van der Waals surface area (Å²) in [5.41, 5.74) is -0.586. The summed E-state index contributed by atoms with van der Waals surface area (Å²) in [7, 11) is 0. The predicted molar refractivity (Wildman–Crippen MR) is 77.4 cm³/mol. The minimum Gasteiger partial charge on any atom is -0.432 e. The summed E-state index contributed by atoms with van der Waals surface area (Å²) in [5.74, 6) is 0.154. The highest BCUT2D eigenvalue weighted by molar-refractivity contribution is 5.71. The first-order valence-corrected chi connectivity index (χ1v) is 8.84. The molecule has 0 aromatic heterocycles. The molecule has 5 heteroatoms. The van der Waals surface area contributed by atoms with Gasteiger partial charge in [-0.05, 0) is 31.6 Å². The molecule has 5 rings (SSSR count). The minimum atomic E-state index is -0.731. The van der Waals surface area contributed by atoms with Crippen LogP contribution in [-0.2, 0) is 24.0 Å². The molecule has 5 fully saturated rings. The highest BCUT2D eigenvalue weighted by Crippen LogP contribution is 2.59. The molecule has 0 aromatic carbocycles. The fourth-order valence-electron chi connectivity index (χ4n) is 5.03. The maximum absolute atomic E-state index is 12.0. The van der Waals surface area contributed by atoms with Crippen LogP contribution in [0.4, 0.5) is 0 Å². The first-order valence-electron chi connectivity index (χ1n) is 8.84. The number of fused-ring (bicyclic) bond motifs is 2. The van der Waals surface area contributed by atoms with Gasteiger partial charge in [-0.15, -0.1) is 0 Å². The molecular formula is C17H26O5. The molecule has 4 heterocycles. The van der Waals surface area contributed by atoms with Gasteiger partial charge in [0.05, 0.1) is 6.42 Å². The van der Waals surface area contributed by atoms with Crippen molar-refractivity contribution in [1.82, 2.24) is 0 Å². The van der Waals surface area contributed by atoms with Crippen LogP contribution in [0.25, 0.3) is 0 Å². The standard InChI is InChI=1S/C17H26O5/c1-3-4-8-16-9-7-13-11(2)5-6-12-10-14(18)19-15(20-16)17(12,13)22-21-16/h11-13,15H,3-10H2,1-2H3/t11-,12+,13+,15-,16-,17+/m1/s1. The molecule has 0 unspecified atom stereocenters. The van der Waals surface area contributed by atoms with Crippen LogP contribution in [-0.4, -0.2) is 23.6 Å². The smallest absolute Gasteiger partial charge is 0.308 e. The van der Waals surface area contributed by atoms with Crippen LogP contribution in [0.3, 0.4) is 0 Å². The minimum absolute atomic E-state index is 0.155. The molecule has 5 aliphatic rings. The third-order valence-electron chi connectivity index (χ3n) is 6.30. The SMILES string of the molecule is CCCC[C@@]12CC[C@H]3[C@H](C)CC[C@H]4CC(=O)O[C@H](O1)[C@]43OO2. The zero-order valence-corrected chi connectivity index (χ0v) is 13.5. The summed E-state index contributed by atoms with van der Waals surface area (Å²) < 4.78 is 11.9. The molecule has 22 heavy (non-hydrogen) atoms. The van der Waals surface area contributed by atoms with Crippen LogP contribution < -0.4 is 0 Å². The maximum Gasteiger partial charge on any atom is 0.308 e. The lowest BCUT2D eigenvalue weighted by molar-refractivity contribution is -0.561. The van der Waals surface area contributed by atoms with Gasteiger partial charge in [0, 0.05) is 24.7 Å². The van der Waals surface area contributed by atoms with Gasteiger partial charge >= 0.3 is 5.97 Å². The van der Waals surface area contributed by atoms with E-state index < -0.39 is 17.7 Å². The van der Waals surface area contributed by atoms with Crippen LogP contribution in [0.1, 0.15) is 65.2 Å². The van der Waals surface area contributed by atoms with Crippen LogP contribution in [0.15, 0.2) is 0 Å². The third kappa shape index (κ3) is 1.98. The van der Waals surface area contributed by atoms with Crippen LogP contribution in [0.2, 0.25) is 0 Å². The van der Waals surface area contributed by atoms with Crippen molar-refractivity contribution in [3.05, 3.63) is 0 Å². The Morgan fingerprint density at radius 3 is 2.91 bits per heavy atom. The molecule has 0 amide bonds. The van der Waals surface area contributed by atoms with E-state index in [4.69, 9.17) is 19.2 Å². The molecule has 124 valence electrons. The van der Waals surface area contributed by atoms with Gasteiger partial charge in [-0.2, -0.15) is 0 Å². The first-order chi connectivity index (χ1) is 10.6. The predicted octanol–water partition coefficient (Wildman–Crippen LogP) is 3.32. The van der Waals surface area contributed by atoms with Crippen molar-refractivity contribution in [2.45, 2.75) is 82.9 Å². The second-order valence-electron chi connectivity index (χ2n) is 7.57. The van der Waals surface area contributed by atoms with Crippen LogP contribution in [0.5, 0.6) is 0 Å². The number of esters is 1. The molecule has 4 saturated heterocycles. The Morgan fingerprint density at radius 2 is 2.09 bits per heavy atom. The average molecular weight is 310 g/mol. The van der Waals surface area contributed by atoms with Crippen molar-refractivity contribution >= 4 is 5.97 Å². The Bertz CT molecular complexity index is 462. The quantitative estimate of drug-likeness (QED) is 0.591. The molecule has 0 N–H and O–H groups in total. The summed E-state index contributed by atoms with van der Waals surface area (Å²) >= 11 is 0. The van der Waals surface area contributed by atoms with Crippen molar-refractivity contribution in [3.8, 4) is 0 Å². The van der Waals surface area contributed by atoms with Gasteiger partial charge in [0.2, 0.25) is 12.1 Å². The third-order valence-corrected chi connectivity index (χ3v) is 6.30. The topological polar surface area (TPSA) is 54.0 Å². The molecule has 1 saturated carbocycles. The first kappa shape index (κ1) is 14.9. The second-order valence-corrected chi connectivity index (χ2v) is 7.57. The number of unbranched alkanes of at least 4 members (excludes halogenated alkanes) is 1. The summed E-state index contributed by atoms with van der Waals surface area (Å²) in [6.07, 6.45) is 6.68. The fraction of sp³-hybridized carbons (Fsp3) is 0.941. The summed E-state index contributed by atoms with van der Waals surface area (Å²) in [6, 6.07) is 0. The van der Waals surface area contributed by atoms with Crippen molar-refractivity contribution < 1.29 is 24.0 Å². The Hall–Kier alpha value is -0.650. The highest BCUT2D eigenvalue weighted by atomic mass is 17.3. The van der Waals surface area contributed by atoms with Gasteiger partial charge in [0.15, 0.2) is 5.60 Å². The van der Waals surface area contributed by atoms with Crippen LogP contribution in [0, 0.1) is 17.8 Å². The number of hydrogen-bond donors (Lipinski definition) is 0. The molecule has 0 aromatic rings. The van der Waals surface area contributed by atoms with E-state index in [0.29, 0.717) is 18.3 Å². The van der Waals surface area contributed by atoms with Gasteiger partial charge in [-0.3, -0.25) is 4.79 Å². The van der Waals surface area contributed by atoms with Gasteiger partial charge < -0.3 is 9.47 Å². The zero-order valence-electron chi connectivity index (χ0n) is 13.5. The monoisotopic (exact) mass is 310 g/mol. The van der Waals surface area contributed by atoms with E-state index >= 15 is 0 Å². The lowest BCUT2D eigenvalue weighted by Gasteiger charge is -2.56. The molecule has 0 radical (unpaired) electrons. The number of hydrogen-bond acceptors (Lipinski definition) is 5. The normalized spacial score (nSPS) is 50.2. The summed E-state index contributed by atoms with van der Waals surface area (Å²) in [6.45, 7) is 4.43. The van der Waals surface area contributed by atoms with Crippen LogP contribution >= 0.6 is 0 Å². The molecule has 4 aliphatic heterocycles.